The summed E-state index contributed by atoms with van der Waals surface area (Å²) in [5.41, 5.74) is 7.97. The van der Waals surface area contributed by atoms with Crippen molar-refractivity contribution in [3.05, 3.63) is 10.4 Å². The summed E-state index contributed by atoms with van der Waals surface area (Å²) < 4.78 is 4.76. The lowest BCUT2D eigenvalue weighted by Gasteiger charge is -2.08. The first-order valence-electron chi connectivity index (χ1n) is 3.32. The van der Waals surface area contributed by atoms with E-state index in [2.05, 4.69) is 10.0 Å². The standard InChI is InChI=1S/C6H11N3O2/c1-4(2)11-6(10)5(3)8-9-7/h4-5H,1-3H3. The van der Waals surface area contributed by atoms with E-state index >= 15 is 0 Å². The smallest absolute Gasteiger partial charge is 0.314 e. The molecule has 5 heteroatoms. The van der Waals surface area contributed by atoms with E-state index in [1.54, 1.807) is 13.8 Å². The number of carbonyl (C=O) groups is 1. The van der Waals surface area contributed by atoms with E-state index in [0.29, 0.717) is 0 Å². The molecule has 0 aromatic heterocycles. The van der Waals surface area contributed by atoms with Gasteiger partial charge in [-0.25, -0.2) is 0 Å². The number of esters is 1. The summed E-state index contributed by atoms with van der Waals surface area (Å²) in [7, 11) is 0. The average molecular weight is 157 g/mol. The predicted octanol–water partition coefficient (Wildman–Crippen LogP) is 1.64. The number of nitrogens with zero attached hydrogens (tertiary/aromatic N) is 3. The van der Waals surface area contributed by atoms with Crippen LogP contribution >= 0.6 is 0 Å². The largest absolute Gasteiger partial charge is 0.463 e. The minimum atomic E-state index is -0.734. The van der Waals surface area contributed by atoms with Crippen molar-refractivity contribution < 1.29 is 9.53 Å². The Bertz CT molecular complexity index is 184. The van der Waals surface area contributed by atoms with Gasteiger partial charge < -0.3 is 4.74 Å². The molecule has 0 fully saturated rings. The number of hydrogen-bond acceptors (Lipinski definition) is 3. The summed E-state index contributed by atoms with van der Waals surface area (Å²) in [5.74, 6) is -0.488. The molecule has 0 N–H and O–H groups in total. The summed E-state index contributed by atoms with van der Waals surface area (Å²) in [6, 6.07) is -0.734. The second-order valence-corrected chi connectivity index (χ2v) is 2.37. The van der Waals surface area contributed by atoms with Crippen molar-refractivity contribution in [1.82, 2.24) is 0 Å². The number of carbonyl (C=O) groups excluding carboxylic acids is 1. The molecule has 0 amide bonds. The highest BCUT2D eigenvalue weighted by atomic mass is 16.5. The Labute approximate surface area is 65.0 Å². The van der Waals surface area contributed by atoms with Gasteiger partial charge in [0.1, 0.15) is 6.04 Å². The lowest BCUT2D eigenvalue weighted by molar-refractivity contribution is -0.148. The number of ether oxygens (including phenoxy) is 1. The molecule has 0 aliphatic carbocycles. The second kappa shape index (κ2) is 4.57. The summed E-state index contributed by atoms with van der Waals surface area (Å²) in [5, 5.41) is 3.18. The molecule has 0 aliphatic heterocycles. The number of rotatable bonds is 3. The maximum atomic E-state index is 10.9. The summed E-state index contributed by atoms with van der Waals surface area (Å²) in [4.78, 5) is 13.3. The molecule has 1 atom stereocenters. The molecule has 0 aromatic rings. The van der Waals surface area contributed by atoms with Gasteiger partial charge in [0.25, 0.3) is 0 Å². The first kappa shape index (κ1) is 9.78. The minimum Gasteiger partial charge on any atom is -0.463 e. The van der Waals surface area contributed by atoms with Gasteiger partial charge in [-0.1, -0.05) is 5.11 Å². The molecule has 5 nitrogen and oxygen atoms in total. The molecule has 62 valence electrons. The van der Waals surface area contributed by atoms with Gasteiger partial charge in [-0.2, -0.15) is 0 Å². The third kappa shape index (κ3) is 4.22. The van der Waals surface area contributed by atoms with E-state index < -0.39 is 12.0 Å². The van der Waals surface area contributed by atoms with E-state index in [1.807, 2.05) is 0 Å². The molecule has 0 spiro atoms. The van der Waals surface area contributed by atoms with Crippen LogP contribution in [-0.4, -0.2) is 18.1 Å². The molecule has 0 aliphatic rings. The van der Waals surface area contributed by atoms with E-state index in [0.717, 1.165) is 0 Å². The van der Waals surface area contributed by atoms with Crippen LogP contribution in [0.4, 0.5) is 0 Å². The van der Waals surface area contributed by atoms with Crippen LogP contribution in [0, 0.1) is 0 Å². The predicted molar refractivity (Wildman–Crippen MR) is 39.8 cm³/mol. The van der Waals surface area contributed by atoms with Crippen molar-refractivity contribution in [1.29, 1.82) is 0 Å². The highest BCUT2D eigenvalue weighted by molar-refractivity contribution is 5.75. The van der Waals surface area contributed by atoms with Crippen LogP contribution in [0.5, 0.6) is 0 Å². The maximum Gasteiger partial charge on any atom is 0.314 e. The zero-order valence-electron chi connectivity index (χ0n) is 6.81. The fourth-order valence-corrected chi connectivity index (χ4v) is 0.455. The molecule has 11 heavy (non-hydrogen) atoms. The van der Waals surface area contributed by atoms with Crippen molar-refractivity contribution in [2.24, 2.45) is 5.11 Å². The molecular weight excluding hydrogens is 146 g/mol. The molecule has 0 rings (SSSR count). The van der Waals surface area contributed by atoms with Crippen molar-refractivity contribution in [2.45, 2.75) is 32.9 Å². The molecule has 0 saturated heterocycles. The summed E-state index contributed by atoms with van der Waals surface area (Å²) in [6.07, 6.45) is -0.168. The van der Waals surface area contributed by atoms with Gasteiger partial charge in [-0.3, -0.25) is 4.79 Å². The maximum absolute atomic E-state index is 10.9. The fraction of sp³-hybridized carbons (Fsp3) is 0.833. The van der Waals surface area contributed by atoms with Crippen LogP contribution in [-0.2, 0) is 9.53 Å². The van der Waals surface area contributed by atoms with Gasteiger partial charge in [-0.15, -0.1) is 0 Å². The Kier molecular flexibility index (Phi) is 4.07. The Morgan fingerprint density at radius 1 is 1.55 bits per heavy atom. The lowest BCUT2D eigenvalue weighted by atomic mass is 10.3. The van der Waals surface area contributed by atoms with Crippen molar-refractivity contribution >= 4 is 5.97 Å². The van der Waals surface area contributed by atoms with Gasteiger partial charge in [0.2, 0.25) is 0 Å². The van der Waals surface area contributed by atoms with Gasteiger partial charge >= 0.3 is 5.97 Å². The normalized spacial score (nSPS) is 12.0. The first-order chi connectivity index (χ1) is 5.07. The third-order valence-electron chi connectivity index (χ3n) is 0.918. The molecule has 0 radical (unpaired) electrons. The molecule has 0 aromatic carbocycles. The van der Waals surface area contributed by atoms with Crippen molar-refractivity contribution in [3.63, 3.8) is 0 Å². The lowest BCUT2D eigenvalue weighted by Crippen LogP contribution is -2.21. The van der Waals surface area contributed by atoms with Gasteiger partial charge in [-0.05, 0) is 26.3 Å². The molecular formula is C6H11N3O2. The van der Waals surface area contributed by atoms with Crippen LogP contribution in [0.2, 0.25) is 0 Å². The molecule has 1 unspecified atom stereocenters. The van der Waals surface area contributed by atoms with Gasteiger partial charge in [0, 0.05) is 4.91 Å². The second-order valence-electron chi connectivity index (χ2n) is 2.37. The molecule has 0 saturated carbocycles. The summed E-state index contributed by atoms with van der Waals surface area (Å²) >= 11 is 0. The van der Waals surface area contributed by atoms with Crippen molar-refractivity contribution in [3.8, 4) is 0 Å². The van der Waals surface area contributed by atoms with E-state index in [1.165, 1.54) is 6.92 Å². The van der Waals surface area contributed by atoms with Crippen LogP contribution in [0.15, 0.2) is 5.11 Å². The van der Waals surface area contributed by atoms with Crippen LogP contribution in [0.1, 0.15) is 20.8 Å². The Morgan fingerprint density at radius 3 is 2.45 bits per heavy atom. The minimum absolute atomic E-state index is 0.168. The Morgan fingerprint density at radius 2 is 2.09 bits per heavy atom. The highest BCUT2D eigenvalue weighted by Gasteiger charge is 2.12. The fourth-order valence-electron chi connectivity index (χ4n) is 0.455. The van der Waals surface area contributed by atoms with Crippen LogP contribution in [0.25, 0.3) is 10.4 Å². The van der Waals surface area contributed by atoms with E-state index in [4.69, 9.17) is 10.3 Å². The summed E-state index contributed by atoms with van der Waals surface area (Å²) in [6.45, 7) is 4.96. The zero-order valence-corrected chi connectivity index (χ0v) is 6.81. The Hall–Kier alpha value is -1.22. The van der Waals surface area contributed by atoms with Crippen LogP contribution in [0.3, 0.4) is 0 Å². The molecule has 0 bridgehead atoms. The quantitative estimate of drug-likeness (QED) is 0.270. The SMILES string of the molecule is CC(C)OC(=O)C(C)N=[N+]=[N-]. The highest BCUT2D eigenvalue weighted by Crippen LogP contribution is 1.97. The number of hydrogen-bond donors (Lipinski definition) is 0. The first-order valence-corrected chi connectivity index (χ1v) is 3.32. The Balaban J connectivity index is 3.92. The third-order valence-corrected chi connectivity index (χ3v) is 0.918. The van der Waals surface area contributed by atoms with E-state index in [-0.39, 0.29) is 6.10 Å². The van der Waals surface area contributed by atoms with Gasteiger partial charge in [0.15, 0.2) is 0 Å². The molecule has 0 heterocycles. The average Bonchev–Trinajstić information content (AvgIpc) is 1.86. The van der Waals surface area contributed by atoms with Crippen LogP contribution < -0.4 is 0 Å². The zero-order chi connectivity index (χ0) is 8.85. The monoisotopic (exact) mass is 157 g/mol. The van der Waals surface area contributed by atoms with Crippen molar-refractivity contribution in [2.75, 3.05) is 0 Å². The van der Waals surface area contributed by atoms with E-state index in [9.17, 15) is 4.79 Å². The number of azide groups is 1. The topological polar surface area (TPSA) is 75.1 Å². The van der Waals surface area contributed by atoms with Gasteiger partial charge in [0.05, 0.1) is 6.10 Å².